The van der Waals surface area contributed by atoms with Crippen LogP contribution in [-0.2, 0) is 21.0 Å². The first-order valence-corrected chi connectivity index (χ1v) is 13.6. The summed E-state index contributed by atoms with van der Waals surface area (Å²) < 4.78 is 67.3. The van der Waals surface area contributed by atoms with Crippen LogP contribution in [0.2, 0.25) is 5.02 Å². The SMILES string of the molecule is O=C(c1ccc(C(c2cc(F)ccc2F)S(=O)(=O)c2ccc(Cl)cc2)nc1)N1CC[S+]([O-])CC1. The molecule has 1 aliphatic rings. The molecule has 0 bridgehead atoms. The largest absolute Gasteiger partial charge is 0.616 e. The normalized spacial score (nSPS) is 15.8. The van der Waals surface area contributed by atoms with Crippen LogP contribution in [0, 0.1) is 11.6 Å². The first-order valence-electron chi connectivity index (χ1n) is 10.2. The second-order valence-electron chi connectivity index (χ2n) is 7.66. The van der Waals surface area contributed by atoms with Gasteiger partial charge in [0.25, 0.3) is 5.91 Å². The molecule has 1 unspecified atom stereocenters. The van der Waals surface area contributed by atoms with Crippen LogP contribution >= 0.6 is 11.6 Å². The number of sulfone groups is 1. The number of hydrogen-bond donors (Lipinski definition) is 0. The maximum absolute atomic E-state index is 14.7. The minimum Gasteiger partial charge on any atom is -0.616 e. The van der Waals surface area contributed by atoms with E-state index in [1.165, 1.54) is 42.6 Å². The van der Waals surface area contributed by atoms with E-state index in [9.17, 15) is 26.5 Å². The van der Waals surface area contributed by atoms with E-state index in [0.717, 1.165) is 18.2 Å². The number of carbonyl (C=O) groups is 1. The lowest BCUT2D eigenvalue weighted by molar-refractivity contribution is 0.0769. The summed E-state index contributed by atoms with van der Waals surface area (Å²) in [7, 11) is -4.28. The molecule has 1 amide bonds. The summed E-state index contributed by atoms with van der Waals surface area (Å²) in [6, 6.07) is 10.6. The Morgan fingerprint density at radius 3 is 2.35 bits per heavy atom. The van der Waals surface area contributed by atoms with Gasteiger partial charge in [-0.15, -0.1) is 0 Å². The van der Waals surface area contributed by atoms with Crippen molar-refractivity contribution in [2.75, 3.05) is 24.6 Å². The predicted molar refractivity (Wildman–Crippen MR) is 125 cm³/mol. The van der Waals surface area contributed by atoms with E-state index in [2.05, 4.69) is 4.98 Å². The number of aromatic nitrogens is 1. The molecule has 2 aromatic carbocycles. The first-order chi connectivity index (χ1) is 16.2. The minimum atomic E-state index is -4.28. The molecule has 2 heterocycles. The molecule has 34 heavy (non-hydrogen) atoms. The van der Waals surface area contributed by atoms with Crippen molar-refractivity contribution in [1.82, 2.24) is 9.88 Å². The number of halogens is 3. The molecule has 0 aliphatic carbocycles. The summed E-state index contributed by atoms with van der Waals surface area (Å²) in [6.07, 6.45) is 1.21. The van der Waals surface area contributed by atoms with Gasteiger partial charge < -0.3 is 9.45 Å². The third kappa shape index (κ3) is 5.10. The smallest absolute Gasteiger partial charge is 0.255 e. The standard InChI is InChI=1S/C23H19ClF2N2O4S2/c24-16-2-5-18(6-3-16)34(31,32)22(19-13-17(25)4-7-20(19)26)21-8-1-15(14-27-21)23(29)28-9-11-33(30)12-10-28/h1-8,13-14,22H,9-12H2. The van der Waals surface area contributed by atoms with E-state index >= 15 is 0 Å². The Hall–Kier alpha value is -2.53. The van der Waals surface area contributed by atoms with Crippen molar-refractivity contribution in [1.29, 1.82) is 0 Å². The maximum Gasteiger partial charge on any atom is 0.255 e. The topological polar surface area (TPSA) is 90.4 Å². The fourth-order valence-corrected chi connectivity index (χ4v) is 6.61. The molecule has 0 spiro atoms. The van der Waals surface area contributed by atoms with Crippen LogP contribution < -0.4 is 0 Å². The van der Waals surface area contributed by atoms with Crippen LogP contribution in [0.15, 0.2) is 65.7 Å². The zero-order chi connectivity index (χ0) is 24.5. The molecular weight excluding hydrogens is 506 g/mol. The van der Waals surface area contributed by atoms with Crippen LogP contribution in [-0.4, -0.2) is 53.4 Å². The van der Waals surface area contributed by atoms with Crippen LogP contribution in [0.4, 0.5) is 8.78 Å². The number of amides is 1. The summed E-state index contributed by atoms with van der Waals surface area (Å²) in [6.45, 7) is 0.685. The highest BCUT2D eigenvalue weighted by atomic mass is 35.5. The maximum atomic E-state index is 14.7. The Morgan fingerprint density at radius 1 is 1.06 bits per heavy atom. The van der Waals surface area contributed by atoms with E-state index in [4.69, 9.17) is 11.6 Å². The Bertz CT molecular complexity index is 1300. The lowest BCUT2D eigenvalue weighted by Crippen LogP contribution is -2.43. The Morgan fingerprint density at radius 2 is 1.74 bits per heavy atom. The van der Waals surface area contributed by atoms with Crippen molar-refractivity contribution in [2.24, 2.45) is 0 Å². The Kier molecular flexibility index (Phi) is 7.22. The fraction of sp³-hybridized carbons (Fsp3) is 0.217. The van der Waals surface area contributed by atoms with Gasteiger partial charge in [0.15, 0.2) is 9.84 Å². The molecule has 1 atom stereocenters. The molecule has 6 nitrogen and oxygen atoms in total. The van der Waals surface area contributed by atoms with Gasteiger partial charge in [0.05, 0.1) is 29.2 Å². The zero-order valence-electron chi connectivity index (χ0n) is 17.7. The second-order valence-corrected chi connectivity index (χ2v) is 11.8. The third-order valence-corrected chi connectivity index (χ3v) is 9.03. The predicted octanol–water partition coefficient (Wildman–Crippen LogP) is 3.78. The number of carbonyl (C=O) groups excluding carboxylic acids is 1. The summed E-state index contributed by atoms with van der Waals surface area (Å²) in [5.41, 5.74) is -0.269. The number of rotatable bonds is 5. The quantitative estimate of drug-likeness (QED) is 0.474. The van der Waals surface area contributed by atoms with E-state index in [1.807, 2.05) is 0 Å². The Balaban J connectivity index is 1.74. The van der Waals surface area contributed by atoms with Gasteiger partial charge in [-0.3, -0.25) is 9.78 Å². The highest BCUT2D eigenvalue weighted by Gasteiger charge is 2.35. The van der Waals surface area contributed by atoms with Crippen molar-refractivity contribution in [2.45, 2.75) is 10.1 Å². The molecule has 0 saturated carbocycles. The van der Waals surface area contributed by atoms with E-state index in [0.29, 0.717) is 29.6 Å². The highest BCUT2D eigenvalue weighted by molar-refractivity contribution is 7.92. The van der Waals surface area contributed by atoms with Crippen molar-refractivity contribution in [3.8, 4) is 0 Å². The second kappa shape index (κ2) is 9.99. The zero-order valence-corrected chi connectivity index (χ0v) is 20.0. The summed E-state index contributed by atoms with van der Waals surface area (Å²) in [4.78, 5) is 18.3. The average Bonchev–Trinajstić information content (AvgIpc) is 2.82. The van der Waals surface area contributed by atoms with Gasteiger partial charge in [-0.05, 0) is 54.6 Å². The minimum absolute atomic E-state index is 0.0734. The Labute approximate surface area is 203 Å². The molecule has 11 heteroatoms. The van der Waals surface area contributed by atoms with Gasteiger partial charge in [0.1, 0.15) is 28.4 Å². The summed E-state index contributed by atoms with van der Waals surface area (Å²) in [5, 5.41) is -1.35. The lowest BCUT2D eigenvalue weighted by Gasteiger charge is -2.28. The van der Waals surface area contributed by atoms with E-state index in [1.54, 1.807) is 4.90 Å². The van der Waals surface area contributed by atoms with Gasteiger partial charge >= 0.3 is 0 Å². The molecule has 1 aliphatic heterocycles. The van der Waals surface area contributed by atoms with Crippen LogP contribution in [0.5, 0.6) is 0 Å². The van der Waals surface area contributed by atoms with E-state index in [-0.39, 0.29) is 22.1 Å². The number of hydrogen-bond acceptors (Lipinski definition) is 5. The molecule has 0 radical (unpaired) electrons. The highest BCUT2D eigenvalue weighted by Crippen LogP contribution is 2.36. The summed E-state index contributed by atoms with van der Waals surface area (Å²) >= 11 is 4.92. The molecule has 1 fully saturated rings. The van der Waals surface area contributed by atoms with Crippen molar-refractivity contribution in [3.63, 3.8) is 0 Å². The van der Waals surface area contributed by atoms with Crippen molar-refractivity contribution in [3.05, 3.63) is 94.3 Å². The van der Waals surface area contributed by atoms with Crippen molar-refractivity contribution < 1.29 is 26.5 Å². The molecule has 1 saturated heterocycles. The van der Waals surface area contributed by atoms with Crippen LogP contribution in [0.25, 0.3) is 0 Å². The van der Waals surface area contributed by atoms with Gasteiger partial charge in [-0.2, -0.15) is 0 Å². The summed E-state index contributed by atoms with van der Waals surface area (Å²) in [5.74, 6) is -1.27. The van der Waals surface area contributed by atoms with Gasteiger partial charge in [0, 0.05) is 16.8 Å². The first kappa shape index (κ1) is 24.6. The molecule has 178 valence electrons. The average molecular weight is 525 g/mol. The third-order valence-electron chi connectivity index (χ3n) is 5.46. The van der Waals surface area contributed by atoms with Gasteiger partial charge in [-0.25, -0.2) is 17.2 Å². The lowest BCUT2D eigenvalue weighted by atomic mass is 10.1. The molecule has 4 rings (SSSR count). The molecule has 0 N–H and O–H groups in total. The van der Waals surface area contributed by atoms with Gasteiger partial charge in [0.2, 0.25) is 0 Å². The fourth-order valence-electron chi connectivity index (χ4n) is 3.67. The molecular formula is C23H19ClF2N2O4S2. The van der Waals surface area contributed by atoms with Crippen LogP contribution in [0.3, 0.4) is 0 Å². The van der Waals surface area contributed by atoms with Crippen LogP contribution in [0.1, 0.15) is 26.9 Å². The molecule has 3 aromatic rings. The van der Waals surface area contributed by atoms with E-state index < -0.39 is 43.5 Å². The number of pyridine rings is 1. The molecule has 1 aromatic heterocycles. The number of benzene rings is 2. The monoisotopic (exact) mass is 524 g/mol. The van der Waals surface area contributed by atoms with Gasteiger partial charge in [-0.1, -0.05) is 22.8 Å². The van der Waals surface area contributed by atoms with Crippen molar-refractivity contribution >= 4 is 38.5 Å². The number of nitrogens with zero attached hydrogens (tertiary/aromatic N) is 2.